The quantitative estimate of drug-likeness (QED) is 0.792. The van der Waals surface area contributed by atoms with E-state index in [9.17, 15) is 5.11 Å². The van der Waals surface area contributed by atoms with Crippen LogP contribution >= 0.6 is 0 Å². The minimum atomic E-state index is 0.145. The zero-order valence-electron chi connectivity index (χ0n) is 10.9. The van der Waals surface area contributed by atoms with E-state index < -0.39 is 0 Å². The Kier molecular flexibility index (Phi) is 5.45. The topological polar surface area (TPSA) is 55.5 Å². The molecule has 1 aromatic rings. The molecule has 1 rings (SSSR count). The molecule has 1 aromatic carbocycles. The van der Waals surface area contributed by atoms with Gasteiger partial charge in [0.25, 0.3) is 0 Å². The largest absolute Gasteiger partial charge is 0.496 e. The lowest BCUT2D eigenvalue weighted by Gasteiger charge is -2.21. The van der Waals surface area contributed by atoms with E-state index in [1.165, 1.54) is 11.1 Å². The molecule has 96 valence electrons. The average Bonchev–Trinajstić information content (AvgIpc) is 2.31. The van der Waals surface area contributed by atoms with Crippen molar-refractivity contribution in [2.75, 3.05) is 20.3 Å². The van der Waals surface area contributed by atoms with E-state index in [1.807, 2.05) is 12.1 Å². The summed E-state index contributed by atoms with van der Waals surface area (Å²) in [5, 5.41) is 9.24. The van der Waals surface area contributed by atoms with Gasteiger partial charge in [-0.15, -0.1) is 0 Å². The van der Waals surface area contributed by atoms with Crippen molar-refractivity contribution in [3.63, 3.8) is 0 Å². The molecule has 0 spiro atoms. The summed E-state index contributed by atoms with van der Waals surface area (Å²) in [5.74, 6) is 1.41. The lowest BCUT2D eigenvalue weighted by atomic mass is 9.88. The summed E-state index contributed by atoms with van der Waals surface area (Å²) in [4.78, 5) is 0. The summed E-state index contributed by atoms with van der Waals surface area (Å²) >= 11 is 0. The van der Waals surface area contributed by atoms with Crippen molar-refractivity contribution in [1.82, 2.24) is 0 Å². The highest BCUT2D eigenvalue weighted by atomic mass is 16.5. The number of nitrogens with two attached hydrogens (primary N) is 1. The number of aliphatic hydroxyl groups excluding tert-OH is 1. The van der Waals surface area contributed by atoms with Gasteiger partial charge in [0.05, 0.1) is 7.11 Å². The van der Waals surface area contributed by atoms with Crippen molar-refractivity contribution in [1.29, 1.82) is 0 Å². The van der Waals surface area contributed by atoms with Crippen LogP contribution in [0.25, 0.3) is 0 Å². The Morgan fingerprint density at radius 2 is 2.12 bits per heavy atom. The molecule has 3 nitrogen and oxygen atoms in total. The second kappa shape index (κ2) is 6.62. The third-order valence-corrected chi connectivity index (χ3v) is 3.32. The first-order valence-electron chi connectivity index (χ1n) is 6.06. The van der Waals surface area contributed by atoms with Crippen molar-refractivity contribution < 1.29 is 9.84 Å². The first kappa shape index (κ1) is 14.0. The molecule has 0 bridgehead atoms. The fourth-order valence-corrected chi connectivity index (χ4v) is 2.07. The molecule has 3 heteroatoms. The van der Waals surface area contributed by atoms with Gasteiger partial charge in [0.15, 0.2) is 0 Å². The van der Waals surface area contributed by atoms with Crippen LogP contribution in [0.1, 0.15) is 18.1 Å². The van der Waals surface area contributed by atoms with Crippen LogP contribution in [0.2, 0.25) is 0 Å². The summed E-state index contributed by atoms with van der Waals surface area (Å²) in [6.45, 7) is 4.85. The molecule has 3 N–H and O–H groups in total. The Morgan fingerprint density at radius 1 is 1.41 bits per heavy atom. The Morgan fingerprint density at radius 3 is 2.65 bits per heavy atom. The fourth-order valence-electron chi connectivity index (χ4n) is 2.07. The second-order valence-electron chi connectivity index (χ2n) is 4.68. The van der Waals surface area contributed by atoms with E-state index in [0.29, 0.717) is 12.5 Å². The van der Waals surface area contributed by atoms with Crippen LogP contribution in [-0.4, -0.2) is 25.4 Å². The highest BCUT2D eigenvalue weighted by Crippen LogP contribution is 2.25. The normalized spacial score (nSPS) is 14.4. The van der Waals surface area contributed by atoms with Crippen molar-refractivity contribution in [3.05, 3.63) is 29.3 Å². The lowest BCUT2D eigenvalue weighted by Crippen LogP contribution is -2.26. The molecule has 0 heterocycles. The highest BCUT2D eigenvalue weighted by Gasteiger charge is 2.17. The van der Waals surface area contributed by atoms with Crippen LogP contribution in [0.15, 0.2) is 18.2 Å². The van der Waals surface area contributed by atoms with Gasteiger partial charge in [-0.05, 0) is 43.4 Å². The van der Waals surface area contributed by atoms with Gasteiger partial charge in [-0.1, -0.05) is 24.6 Å². The predicted molar refractivity (Wildman–Crippen MR) is 70.2 cm³/mol. The van der Waals surface area contributed by atoms with Crippen LogP contribution in [0.3, 0.4) is 0 Å². The zero-order chi connectivity index (χ0) is 12.8. The van der Waals surface area contributed by atoms with Crippen LogP contribution in [0.5, 0.6) is 5.75 Å². The molecule has 0 saturated heterocycles. The molecular formula is C14H23NO2. The van der Waals surface area contributed by atoms with Crippen LogP contribution in [0.4, 0.5) is 0 Å². The number of hydrogen-bond acceptors (Lipinski definition) is 3. The second-order valence-corrected chi connectivity index (χ2v) is 4.68. The van der Waals surface area contributed by atoms with Crippen LogP contribution in [-0.2, 0) is 6.42 Å². The molecule has 0 aliphatic heterocycles. The van der Waals surface area contributed by atoms with E-state index in [2.05, 4.69) is 19.9 Å². The smallest absolute Gasteiger partial charge is 0.122 e. The van der Waals surface area contributed by atoms with E-state index >= 15 is 0 Å². The zero-order valence-corrected chi connectivity index (χ0v) is 10.9. The van der Waals surface area contributed by atoms with E-state index in [1.54, 1.807) is 7.11 Å². The summed E-state index contributed by atoms with van der Waals surface area (Å²) in [6.07, 6.45) is 0.882. The summed E-state index contributed by atoms with van der Waals surface area (Å²) in [7, 11) is 1.69. The Bertz CT molecular complexity index is 348. The van der Waals surface area contributed by atoms with Gasteiger partial charge in [0.1, 0.15) is 5.75 Å². The predicted octanol–water partition coefficient (Wildman–Crippen LogP) is 1.75. The summed E-state index contributed by atoms with van der Waals surface area (Å²) in [5.41, 5.74) is 8.06. The number of rotatable bonds is 6. The number of methoxy groups -OCH3 is 1. The van der Waals surface area contributed by atoms with Crippen molar-refractivity contribution in [2.45, 2.75) is 20.3 Å². The lowest BCUT2D eigenvalue weighted by molar-refractivity contribution is 0.186. The van der Waals surface area contributed by atoms with Crippen molar-refractivity contribution >= 4 is 0 Å². The Balaban J connectivity index is 2.82. The van der Waals surface area contributed by atoms with Gasteiger partial charge in [-0.3, -0.25) is 0 Å². The molecule has 0 amide bonds. The highest BCUT2D eigenvalue weighted by molar-refractivity contribution is 5.37. The SMILES string of the molecule is COc1ccc(C)cc1CC(C)C(CN)CO. The number of ether oxygens (including phenoxy) is 1. The first-order valence-corrected chi connectivity index (χ1v) is 6.06. The summed E-state index contributed by atoms with van der Waals surface area (Å²) < 4.78 is 5.35. The van der Waals surface area contributed by atoms with Crippen molar-refractivity contribution in [2.24, 2.45) is 17.6 Å². The van der Waals surface area contributed by atoms with E-state index in [-0.39, 0.29) is 12.5 Å². The maximum atomic E-state index is 9.24. The minimum Gasteiger partial charge on any atom is -0.496 e. The molecule has 17 heavy (non-hydrogen) atoms. The maximum Gasteiger partial charge on any atom is 0.122 e. The molecule has 0 aliphatic carbocycles. The van der Waals surface area contributed by atoms with Gasteiger partial charge >= 0.3 is 0 Å². The van der Waals surface area contributed by atoms with Gasteiger partial charge in [-0.25, -0.2) is 0 Å². The molecule has 0 aliphatic rings. The van der Waals surface area contributed by atoms with Crippen LogP contribution in [0, 0.1) is 18.8 Å². The molecular weight excluding hydrogens is 214 g/mol. The molecule has 2 atom stereocenters. The third kappa shape index (κ3) is 3.72. The Hall–Kier alpha value is -1.06. The number of aryl methyl sites for hydroxylation is 1. The average molecular weight is 237 g/mol. The summed E-state index contributed by atoms with van der Waals surface area (Å²) in [6, 6.07) is 6.17. The maximum absolute atomic E-state index is 9.24. The fraction of sp³-hybridized carbons (Fsp3) is 0.571. The standard InChI is InChI=1S/C14H23NO2/c1-10-4-5-14(17-3)12(6-10)7-11(2)13(8-15)9-16/h4-6,11,13,16H,7-9,15H2,1-3H3. The molecule has 0 fully saturated rings. The number of hydrogen-bond donors (Lipinski definition) is 2. The molecule has 0 radical (unpaired) electrons. The minimum absolute atomic E-state index is 0.145. The first-order chi connectivity index (χ1) is 8.12. The number of benzene rings is 1. The third-order valence-electron chi connectivity index (χ3n) is 3.32. The molecule has 0 aromatic heterocycles. The van der Waals surface area contributed by atoms with Gasteiger partial charge in [-0.2, -0.15) is 0 Å². The molecule has 0 saturated carbocycles. The van der Waals surface area contributed by atoms with Gasteiger partial charge in [0, 0.05) is 6.61 Å². The van der Waals surface area contributed by atoms with Gasteiger partial charge < -0.3 is 15.6 Å². The van der Waals surface area contributed by atoms with E-state index in [0.717, 1.165) is 12.2 Å². The van der Waals surface area contributed by atoms with Gasteiger partial charge in [0.2, 0.25) is 0 Å². The van der Waals surface area contributed by atoms with Crippen molar-refractivity contribution in [3.8, 4) is 5.75 Å². The Labute approximate surface area is 104 Å². The number of aliphatic hydroxyl groups is 1. The van der Waals surface area contributed by atoms with Crippen LogP contribution < -0.4 is 10.5 Å². The van der Waals surface area contributed by atoms with E-state index in [4.69, 9.17) is 10.5 Å². The monoisotopic (exact) mass is 237 g/mol. The molecule has 2 unspecified atom stereocenters.